The van der Waals surface area contributed by atoms with E-state index in [-0.39, 0.29) is 0 Å². The Bertz CT molecular complexity index is 350. The molecule has 1 aliphatic heterocycles. The fraction of sp³-hybridized carbons (Fsp3) is 0.571. The predicted molar refractivity (Wildman–Crippen MR) is 74.4 cm³/mol. The van der Waals surface area contributed by atoms with E-state index in [4.69, 9.17) is 4.74 Å². The average Bonchev–Trinajstić information content (AvgIpc) is 2.37. The lowest BCUT2D eigenvalue weighted by molar-refractivity contribution is 0.0441. The van der Waals surface area contributed by atoms with Gasteiger partial charge in [-0.25, -0.2) is 0 Å². The van der Waals surface area contributed by atoms with Crippen LogP contribution in [0.25, 0.3) is 0 Å². The molecule has 0 radical (unpaired) electrons. The second-order valence-corrected chi connectivity index (χ2v) is 5.61. The summed E-state index contributed by atoms with van der Waals surface area (Å²) in [7, 11) is 2.02. The van der Waals surface area contributed by atoms with E-state index in [1.165, 1.54) is 18.4 Å². The highest BCUT2D eigenvalue weighted by Gasteiger charge is 2.25. The summed E-state index contributed by atoms with van der Waals surface area (Å²) in [6.45, 7) is 2.85. The largest absolute Gasteiger partial charge is 0.381 e. The molecular formula is C14H20BrNO. The first-order valence-corrected chi connectivity index (χ1v) is 7.08. The van der Waals surface area contributed by atoms with E-state index in [1.807, 2.05) is 7.05 Å². The van der Waals surface area contributed by atoms with Crippen LogP contribution < -0.4 is 5.32 Å². The number of benzene rings is 1. The number of likely N-dealkylation sites (N-methyl/N-ethyl adjacent to an activating group) is 1. The van der Waals surface area contributed by atoms with Gasteiger partial charge in [-0.2, -0.15) is 0 Å². The molecule has 17 heavy (non-hydrogen) atoms. The molecule has 3 heteroatoms. The zero-order valence-electron chi connectivity index (χ0n) is 10.3. The number of hydrogen-bond donors (Lipinski definition) is 1. The van der Waals surface area contributed by atoms with Crippen molar-refractivity contribution >= 4 is 15.9 Å². The summed E-state index contributed by atoms with van der Waals surface area (Å²) in [5.74, 6) is 1.20. The van der Waals surface area contributed by atoms with Crippen LogP contribution in [-0.4, -0.2) is 26.8 Å². The van der Waals surface area contributed by atoms with Crippen molar-refractivity contribution in [3.8, 4) is 0 Å². The summed E-state index contributed by atoms with van der Waals surface area (Å²) < 4.78 is 6.78. The lowest BCUT2D eigenvalue weighted by Gasteiger charge is -2.30. The Kier molecular flexibility index (Phi) is 5.01. The Hall–Kier alpha value is -0.380. The Balaban J connectivity index is 2.15. The minimum atomic E-state index is 0.554. The molecule has 0 aromatic heterocycles. The van der Waals surface area contributed by atoms with Crippen LogP contribution >= 0.6 is 15.9 Å². The second kappa shape index (κ2) is 6.53. The molecule has 1 N–H and O–H groups in total. The van der Waals surface area contributed by atoms with E-state index in [0.717, 1.165) is 24.2 Å². The molecule has 1 saturated heterocycles. The maximum Gasteiger partial charge on any atom is 0.0500 e. The van der Waals surface area contributed by atoms with Crippen molar-refractivity contribution in [3.63, 3.8) is 0 Å². The Morgan fingerprint density at radius 3 is 3.06 bits per heavy atom. The molecule has 0 amide bonds. The van der Waals surface area contributed by atoms with Gasteiger partial charge in [0.25, 0.3) is 0 Å². The summed E-state index contributed by atoms with van der Waals surface area (Å²) in [6.07, 6.45) is 2.47. The Morgan fingerprint density at radius 1 is 1.53 bits per heavy atom. The van der Waals surface area contributed by atoms with Gasteiger partial charge in [0, 0.05) is 23.5 Å². The van der Waals surface area contributed by atoms with E-state index < -0.39 is 0 Å². The second-order valence-electron chi connectivity index (χ2n) is 4.70. The van der Waals surface area contributed by atoms with E-state index in [2.05, 4.69) is 45.5 Å². The van der Waals surface area contributed by atoms with Gasteiger partial charge >= 0.3 is 0 Å². The lowest BCUT2D eigenvalue weighted by Crippen LogP contribution is -2.30. The third-order valence-corrected chi connectivity index (χ3v) is 3.96. The van der Waals surface area contributed by atoms with Gasteiger partial charge < -0.3 is 10.1 Å². The minimum Gasteiger partial charge on any atom is -0.381 e. The zero-order valence-corrected chi connectivity index (χ0v) is 11.9. The highest BCUT2D eigenvalue weighted by atomic mass is 79.9. The molecule has 0 saturated carbocycles. The van der Waals surface area contributed by atoms with Crippen molar-refractivity contribution in [2.24, 2.45) is 5.92 Å². The molecule has 1 aromatic rings. The van der Waals surface area contributed by atoms with Crippen molar-refractivity contribution in [2.75, 3.05) is 26.8 Å². The van der Waals surface area contributed by atoms with Gasteiger partial charge in [0.05, 0.1) is 6.61 Å². The molecule has 1 aliphatic rings. The number of halogens is 1. The topological polar surface area (TPSA) is 21.3 Å². The van der Waals surface area contributed by atoms with Gasteiger partial charge in [0.1, 0.15) is 0 Å². The molecule has 2 nitrogen and oxygen atoms in total. The van der Waals surface area contributed by atoms with Gasteiger partial charge in [-0.05, 0) is 43.5 Å². The quantitative estimate of drug-likeness (QED) is 0.922. The van der Waals surface area contributed by atoms with E-state index in [0.29, 0.717) is 11.8 Å². The smallest absolute Gasteiger partial charge is 0.0500 e. The van der Waals surface area contributed by atoms with Crippen LogP contribution in [0.15, 0.2) is 28.7 Å². The molecule has 2 rings (SSSR count). The van der Waals surface area contributed by atoms with Crippen LogP contribution in [0, 0.1) is 5.92 Å². The van der Waals surface area contributed by atoms with Crippen LogP contribution in [0.3, 0.4) is 0 Å². The molecule has 0 bridgehead atoms. The van der Waals surface area contributed by atoms with Crippen molar-refractivity contribution < 1.29 is 4.74 Å². The Labute approximate surface area is 112 Å². The molecule has 94 valence electrons. The molecule has 0 aliphatic carbocycles. The van der Waals surface area contributed by atoms with Gasteiger partial charge in [-0.3, -0.25) is 0 Å². The average molecular weight is 298 g/mol. The van der Waals surface area contributed by atoms with Gasteiger partial charge in [0.2, 0.25) is 0 Å². The summed E-state index contributed by atoms with van der Waals surface area (Å²) in [4.78, 5) is 0. The van der Waals surface area contributed by atoms with Gasteiger partial charge in [-0.15, -0.1) is 0 Å². The predicted octanol–water partition coefficient (Wildman–Crippen LogP) is 3.18. The number of ether oxygens (including phenoxy) is 1. The zero-order chi connectivity index (χ0) is 12.1. The molecule has 2 atom stereocenters. The fourth-order valence-electron chi connectivity index (χ4n) is 2.60. The van der Waals surface area contributed by atoms with Gasteiger partial charge in [-0.1, -0.05) is 28.1 Å². The molecular weight excluding hydrogens is 278 g/mol. The van der Waals surface area contributed by atoms with Crippen molar-refractivity contribution in [1.29, 1.82) is 0 Å². The van der Waals surface area contributed by atoms with Crippen LogP contribution in [-0.2, 0) is 4.74 Å². The number of hydrogen-bond acceptors (Lipinski definition) is 2. The van der Waals surface area contributed by atoms with E-state index in [9.17, 15) is 0 Å². The van der Waals surface area contributed by atoms with Crippen molar-refractivity contribution in [1.82, 2.24) is 5.32 Å². The molecule has 1 aromatic carbocycles. The van der Waals surface area contributed by atoms with Gasteiger partial charge in [0.15, 0.2) is 0 Å². The maximum atomic E-state index is 5.62. The Morgan fingerprint density at radius 2 is 2.41 bits per heavy atom. The normalized spacial score (nSPS) is 22.4. The summed E-state index contributed by atoms with van der Waals surface area (Å²) >= 11 is 3.55. The first-order valence-electron chi connectivity index (χ1n) is 6.29. The van der Waals surface area contributed by atoms with E-state index in [1.54, 1.807) is 0 Å². The number of nitrogens with one attached hydrogen (secondary N) is 1. The first-order chi connectivity index (χ1) is 8.31. The highest BCUT2D eigenvalue weighted by molar-refractivity contribution is 9.10. The third kappa shape index (κ3) is 3.54. The van der Waals surface area contributed by atoms with Crippen LogP contribution in [0.5, 0.6) is 0 Å². The standard InChI is InChI=1S/C14H20BrNO/c1-16-9-14(12-5-3-7-17-10-12)11-4-2-6-13(15)8-11/h2,4,6,8,12,14,16H,3,5,7,9-10H2,1H3. The van der Waals surface area contributed by atoms with Crippen LogP contribution in [0.4, 0.5) is 0 Å². The molecule has 2 unspecified atom stereocenters. The fourth-order valence-corrected chi connectivity index (χ4v) is 3.01. The molecule has 0 spiro atoms. The molecule has 1 fully saturated rings. The summed E-state index contributed by atoms with van der Waals surface area (Å²) in [5.41, 5.74) is 1.41. The minimum absolute atomic E-state index is 0.554. The third-order valence-electron chi connectivity index (χ3n) is 3.47. The SMILES string of the molecule is CNCC(c1cccc(Br)c1)C1CCCOC1. The lowest BCUT2D eigenvalue weighted by atomic mass is 9.82. The van der Waals surface area contributed by atoms with Crippen LogP contribution in [0.2, 0.25) is 0 Å². The first kappa shape index (κ1) is 13.1. The van der Waals surface area contributed by atoms with Crippen LogP contribution in [0.1, 0.15) is 24.3 Å². The maximum absolute atomic E-state index is 5.62. The summed E-state index contributed by atoms with van der Waals surface area (Å²) in [6, 6.07) is 8.65. The number of rotatable bonds is 4. The van der Waals surface area contributed by atoms with Crippen molar-refractivity contribution in [3.05, 3.63) is 34.3 Å². The molecule has 1 heterocycles. The van der Waals surface area contributed by atoms with Crippen molar-refractivity contribution in [2.45, 2.75) is 18.8 Å². The summed E-state index contributed by atoms with van der Waals surface area (Å²) in [5, 5.41) is 3.31. The highest BCUT2D eigenvalue weighted by Crippen LogP contribution is 2.31. The monoisotopic (exact) mass is 297 g/mol. The van der Waals surface area contributed by atoms with E-state index >= 15 is 0 Å².